The number of benzene rings is 2. The Kier molecular flexibility index (Phi) is 3.90. The Bertz CT molecular complexity index is 679. The Morgan fingerprint density at radius 3 is 2.30 bits per heavy atom. The van der Waals surface area contributed by atoms with Crippen molar-refractivity contribution in [2.45, 2.75) is 0 Å². The van der Waals surface area contributed by atoms with Crippen LogP contribution in [0.25, 0.3) is 0 Å². The van der Waals surface area contributed by atoms with E-state index in [0.717, 1.165) is 16.4 Å². The van der Waals surface area contributed by atoms with Crippen LogP contribution >= 0.6 is 24.0 Å². The highest BCUT2D eigenvalue weighted by Gasteiger charge is 2.20. The molecule has 0 bridgehead atoms. The Labute approximate surface area is 126 Å². The van der Waals surface area contributed by atoms with Gasteiger partial charge in [-0.05, 0) is 48.2 Å². The lowest BCUT2D eigenvalue weighted by Gasteiger charge is -2.05. The second kappa shape index (κ2) is 5.98. The number of amidine groups is 1. The fraction of sp³-hybridized carbons (Fsp3) is 0. The third kappa shape index (κ3) is 3.12. The van der Waals surface area contributed by atoms with Gasteiger partial charge in [0.15, 0.2) is 10.2 Å². The molecular formula is C15H11N3S2. The van der Waals surface area contributed by atoms with Crippen LogP contribution in [0, 0.1) is 0 Å². The number of hydrogen-bond donors (Lipinski definition) is 1. The van der Waals surface area contributed by atoms with Gasteiger partial charge in [0, 0.05) is 5.69 Å². The molecule has 1 aliphatic rings. The summed E-state index contributed by atoms with van der Waals surface area (Å²) in [6, 6.07) is 19.7. The van der Waals surface area contributed by atoms with Gasteiger partial charge in [-0.2, -0.15) is 0 Å². The second-order valence-electron chi connectivity index (χ2n) is 4.07. The first-order chi connectivity index (χ1) is 9.81. The lowest BCUT2D eigenvalue weighted by molar-refractivity contribution is 1.53. The van der Waals surface area contributed by atoms with E-state index in [1.54, 1.807) is 0 Å². The standard InChI is InChI=1S/C15H11N3S2/c19-15-18-13(16-11-7-3-1-4-8-11)14(20-15)17-12-9-5-2-6-10-12/h1-10H,(H,16,18,19). The predicted octanol–water partition coefficient (Wildman–Crippen LogP) is 4.26. The summed E-state index contributed by atoms with van der Waals surface area (Å²) < 4.78 is 0.582. The van der Waals surface area contributed by atoms with Crippen LogP contribution in [0.4, 0.5) is 11.4 Å². The van der Waals surface area contributed by atoms with Crippen molar-refractivity contribution in [3.8, 4) is 0 Å². The van der Waals surface area contributed by atoms with E-state index in [4.69, 9.17) is 12.2 Å². The highest BCUT2D eigenvalue weighted by atomic mass is 32.2. The minimum atomic E-state index is 0.582. The van der Waals surface area contributed by atoms with E-state index in [2.05, 4.69) is 15.3 Å². The van der Waals surface area contributed by atoms with E-state index >= 15 is 0 Å². The van der Waals surface area contributed by atoms with Crippen molar-refractivity contribution in [2.24, 2.45) is 9.98 Å². The Morgan fingerprint density at radius 1 is 0.950 bits per heavy atom. The highest BCUT2D eigenvalue weighted by Crippen LogP contribution is 2.23. The fourth-order valence-corrected chi connectivity index (χ4v) is 2.70. The van der Waals surface area contributed by atoms with Gasteiger partial charge in [0.2, 0.25) is 0 Å². The van der Waals surface area contributed by atoms with Crippen LogP contribution in [0.1, 0.15) is 0 Å². The average Bonchev–Trinajstić information content (AvgIpc) is 2.81. The number of anilines is 1. The van der Waals surface area contributed by atoms with Crippen molar-refractivity contribution in [3.05, 3.63) is 60.7 Å². The molecule has 0 unspecified atom stereocenters. The van der Waals surface area contributed by atoms with Crippen molar-refractivity contribution < 1.29 is 0 Å². The van der Waals surface area contributed by atoms with Crippen LogP contribution < -0.4 is 5.32 Å². The van der Waals surface area contributed by atoms with E-state index in [1.807, 2.05) is 60.7 Å². The zero-order chi connectivity index (χ0) is 13.8. The number of para-hydroxylation sites is 2. The molecule has 0 atom stereocenters. The minimum Gasteiger partial charge on any atom is -0.338 e. The van der Waals surface area contributed by atoms with E-state index in [9.17, 15) is 0 Å². The zero-order valence-corrected chi connectivity index (χ0v) is 12.1. The van der Waals surface area contributed by atoms with E-state index in [-0.39, 0.29) is 0 Å². The molecule has 2 aromatic carbocycles. The topological polar surface area (TPSA) is 36.8 Å². The smallest absolute Gasteiger partial charge is 0.168 e. The molecule has 0 saturated carbocycles. The number of thioether (sulfide) groups is 1. The van der Waals surface area contributed by atoms with E-state index in [1.165, 1.54) is 11.8 Å². The van der Waals surface area contributed by atoms with Gasteiger partial charge in [0.05, 0.1) is 5.69 Å². The molecule has 0 amide bonds. The van der Waals surface area contributed by atoms with Crippen LogP contribution in [0.2, 0.25) is 0 Å². The first-order valence-electron chi connectivity index (χ1n) is 6.08. The fourth-order valence-electron chi connectivity index (χ4n) is 1.73. The van der Waals surface area contributed by atoms with Crippen LogP contribution in [0.5, 0.6) is 0 Å². The molecule has 0 spiro atoms. The monoisotopic (exact) mass is 297 g/mol. The number of hydrogen-bond acceptors (Lipinski definition) is 4. The molecule has 98 valence electrons. The molecule has 0 saturated heterocycles. The molecule has 2 aromatic rings. The third-order valence-electron chi connectivity index (χ3n) is 2.61. The maximum absolute atomic E-state index is 5.16. The quantitative estimate of drug-likeness (QED) is 0.842. The molecule has 1 heterocycles. The van der Waals surface area contributed by atoms with Crippen molar-refractivity contribution in [1.29, 1.82) is 0 Å². The summed E-state index contributed by atoms with van der Waals surface area (Å²) in [4.78, 5) is 8.92. The molecule has 20 heavy (non-hydrogen) atoms. The summed E-state index contributed by atoms with van der Waals surface area (Å²) in [7, 11) is 0. The van der Waals surface area contributed by atoms with E-state index < -0.39 is 0 Å². The normalized spacial score (nSPS) is 16.3. The Morgan fingerprint density at radius 2 is 1.60 bits per heavy atom. The number of nitrogens with one attached hydrogen (secondary N) is 1. The van der Waals surface area contributed by atoms with Crippen LogP contribution in [0.3, 0.4) is 0 Å². The summed E-state index contributed by atoms with van der Waals surface area (Å²) in [5, 5.41) is 4.05. The highest BCUT2D eigenvalue weighted by molar-refractivity contribution is 8.35. The van der Waals surface area contributed by atoms with Crippen LogP contribution in [0.15, 0.2) is 70.6 Å². The van der Waals surface area contributed by atoms with Crippen LogP contribution in [-0.4, -0.2) is 15.2 Å². The summed E-state index contributed by atoms with van der Waals surface area (Å²) in [6.45, 7) is 0. The minimum absolute atomic E-state index is 0.582. The second-order valence-corrected chi connectivity index (χ2v) is 5.69. The van der Waals surface area contributed by atoms with Crippen molar-refractivity contribution in [3.63, 3.8) is 0 Å². The largest absolute Gasteiger partial charge is 0.338 e. The lowest BCUT2D eigenvalue weighted by atomic mass is 10.3. The van der Waals surface area contributed by atoms with Gasteiger partial charge in [0.25, 0.3) is 0 Å². The average molecular weight is 297 g/mol. The predicted molar refractivity (Wildman–Crippen MR) is 91.2 cm³/mol. The molecular weight excluding hydrogens is 286 g/mol. The van der Waals surface area contributed by atoms with Gasteiger partial charge >= 0.3 is 0 Å². The molecule has 0 radical (unpaired) electrons. The summed E-state index contributed by atoms with van der Waals surface area (Å²) >= 11 is 6.56. The number of thiocarbonyl (C=S) groups is 1. The van der Waals surface area contributed by atoms with Gasteiger partial charge in [0.1, 0.15) is 5.04 Å². The molecule has 0 aliphatic carbocycles. The zero-order valence-electron chi connectivity index (χ0n) is 10.5. The van der Waals surface area contributed by atoms with Gasteiger partial charge in [-0.1, -0.05) is 36.4 Å². The maximum atomic E-state index is 5.16. The molecule has 5 heteroatoms. The maximum Gasteiger partial charge on any atom is 0.168 e. The summed E-state index contributed by atoms with van der Waals surface area (Å²) in [6.07, 6.45) is 0. The summed E-state index contributed by atoms with van der Waals surface area (Å²) in [5.41, 5.74) is 1.86. The number of aliphatic imine (C=N–C) groups is 2. The molecule has 1 aliphatic heterocycles. The SMILES string of the molecule is S=C1N=C(Nc2ccccc2)C(=Nc2ccccc2)S1. The van der Waals surface area contributed by atoms with Crippen molar-refractivity contribution in [2.75, 3.05) is 5.32 Å². The molecule has 3 nitrogen and oxygen atoms in total. The molecule has 3 rings (SSSR count). The lowest BCUT2D eigenvalue weighted by Crippen LogP contribution is -2.17. The Balaban J connectivity index is 1.87. The van der Waals surface area contributed by atoms with Gasteiger partial charge in [-0.15, -0.1) is 0 Å². The van der Waals surface area contributed by atoms with Gasteiger partial charge < -0.3 is 5.32 Å². The van der Waals surface area contributed by atoms with Crippen LogP contribution in [-0.2, 0) is 0 Å². The van der Waals surface area contributed by atoms with Crippen molar-refractivity contribution in [1.82, 2.24) is 0 Å². The molecule has 1 N–H and O–H groups in total. The molecule has 0 fully saturated rings. The first-order valence-corrected chi connectivity index (χ1v) is 7.30. The van der Waals surface area contributed by atoms with E-state index in [0.29, 0.717) is 10.2 Å². The molecule has 0 aromatic heterocycles. The van der Waals surface area contributed by atoms with Gasteiger partial charge in [-0.25, -0.2) is 9.98 Å². The van der Waals surface area contributed by atoms with Crippen molar-refractivity contribution >= 4 is 50.6 Å². The Hall–Kier alpha value is -1.98. The number of rotatable bonds is 2. The third-order valence-corrected chi connectivity index (χ3v) is 3.70. The summed E-state index contributed by atoms with van der Waals surface area (Å²) in [5.74, 6) is 0.704. The van der Waals surface area contributed by atoms with Gasteiger partial charge in [-0.3, -0.25) is 0 Å². The first kappa shape index (κ1) is 13.0. The number of nitrogens with zero attached hydrogens (tertiary/aromatic N) is 2.